The fraction of sp³-hybridized carbons (Fsp3) is 0.400. The van der Waals surface area contributed by atoms with Gasteiger partial charge in [-0.2, -0.15) is 12.6 Å². The summed E-state index contributed by atoms with van der Waals surface area (Å²) in [5.74, 6) is 1.85. The number of benzene rings is 1. The fourth-order valence-corrected chi connectivity index (χ4v) is 2.12. The number of fused-ring (bicyclic) bond motifs is 1. The smallest absolute Gasteiger partial charge is 0.0435 e. The summed E-state index contributed by atoms with van der Waals surface area (Å²) in [5.41, 5.74) is 2.50. The maximum Gasteiger partial charge on any atom is 0.0435 e. The van der Waals surface area contributed by atoms with Crippen molar-refractivity contribution in [1.29, 1.82) is 0 Å². The zero-order valence-electron chi connectivity index (χ0n) is 10.6. The molecule has 0 amide bonds. The fourth-order valence-electron chi connectivity index (χ4n) is 1.90. The van der Waals surface area contributed by atoms with Crippen molar-refractivity contribution >= 4 is 23.4 Å². The van der Waals surface area contributed by atoms with Crippen LogP contribution in [0.1, 0.15) is 43.9 Å². The SMILES string of the molecule is CC(C)c1cc2ccc(C(C)CS)cc2cn1. The third kappa shape index (κ3) is 2.63. The molecule has 0 N–H and O–H groups in total. The van der Waals surface area contributed by atoms with Gasteiger partial charge in [0.05, 0.1) is 0 Å². The van der Waals surface area contributed by atoms with E-state index in [0.29, 0.717) is 11.8 Å². The zero-order chi connectivity index (χ0) is 12.4. The third-order valence-electron chi connectivity index (χ3n) is 3.20. The molecule has 1 nitrogen and oxygen atoms in total. The molecule has 17 heavy (non-hydrogen) atoms. The normalized spacial score (nSPS) is 13.2. The van der Waals surface area contributed by atoms with Crippen molar-refractivity contribution in [2.75, 3.05) is 5.75 Å². The van der Waals surface area contributed by atoms with Crippen molar-refractivity contribution in [3.63, 3.8) is 0 Å². The molecule has 2 aromatic rings. The molecule has 1 unspecified atom stereocenters. The number of rotatable bonds is 3. The summed E-state index contributed by atoms with van der Waals surface area (Å²) in [6.45, 7) is 6.54. The van der Waals surface area contributed by atoms with E-state index in [1.807, 2.05) is 6.20 Å². The van der Waals surface area contributed by atoms with Crippen molar-refractivity contribution in [2.24, 2.45) is 0 Å². The minimum atomic E-state index is 0.482. The Morgan fingerprint density at radius 1 is 1.12 bits per heavy atom. The summed E-state index contributed by atoms with van der Waals surface area (Å²) in [7, 11) is 0. The lowest BCUT2D eigenvalue weighted by molar-refractivity contribution is 0.826. The first kappa shape index (κ1) is 12.4. The number of hydrogen-bond donors (Lipinski definition) is 1. The molecule has 1 aromatic heterocycles. The van der Waals surface area contributed by atoms with Gasteiger partial charge in [0.25, 0.3) is 0 Å². The molecule has 2 heteroatoms. The van der Waals surface area contributed by atoms with Gasteiger partial charge < -0.3 is 0 Å². The molecule has 2 rings (SSSR count). The summed E-state index contributed by atoms with van der Waals surface area (Å²) >= 11 is 4.35. The summed E-state index contributed by atoms with van der Waals surface area (Å²) in [5, 5.41) is 2.50. The van der Waals surface area contributed by atoms with Crippen molar-refractivity contribution in [3.8, 4) is 0 Å². The van der Waals surface area contributed by atoms with Crippen LogP contribution >= 0.6 is 12.6 Å². The third-order valence-corrected chi connectivity index (χ3v) is 3.75. The molecule has 0 saturated carbocycles. The van der Waals surface area contributed by atoms with Gasteiger partial charge in [0, 0.05) is 17.3 Å². The van der Waals surface area contributed by atoms with E-state index in [9.17, 15) is 0 Å². The van der Waals surface area contributed by atoms with Crippen LogP contribution < -0.4 is 0 Å². The molecule has 0 saturated heterocycles. The second-order valence-corrected chi connectivity index (χ2v) is 5.32. The Bertz CT molecular complexity index is 519. The van der Waals surface area contributed by atoms with Gasteiger partial charge in [0.15, 0.2) is 0 Å². The number of thiol groups is 1. The Morgan fingerprint density at radius 2 is 1.88 bits per heavy atom. The van der Waals surface area contributed by atoms with Crippen LogP contribution in [0.5, 0.6) is 0 Å². The van der Waals surface area contributed by atoms with Crippen LogP contribution in [0.4, 0.5) is 0 Å². The van der Waals surface area contributed by atoms with E-state index in [2.05, 4.69) is 62.6 Å². The van der Waals surface area contributed by atoms with Gasteiger partial charge in [-0.1, -0.05) is 32.9 Å². The highest BCUT2D eigenvalue weighted by Crippen LogP contribution is 2.24. The Balaban J connectivity index is 2.46. The van der Waals surface area contributed by atoms with E-state index in [4.69, 9.17) is 0 Å². The minimum Gasteiger partial charge on any atom is -0.260 e. The van der Waals surface area contributed by atoms with Crippen LogP contribution in [0.15, 0.2) is 30.5 Å². The molecule has 0 fully saturated rings. The van der Waals surface area contributed by atoms with Gasteiger partial charge in [0.1, 0.15) is 0 Å². The van der Waals surface area contributed by atoms with Crippen molar-refractivity contribution in [1.82, 2.24) is 4.98 Å². The number of pyridine rings is 1. The number of nitrogens with zero attached hydrogens (tertiary/aromatic N) is 1. The second kappa shape index (κ2) is 5.09. The van der Waals surface area contributed by atoms with E-state index < -0.39 is 0 Å². The summed E-state index contributed by atoms with van der Waals surface area (Å²) < 4.78 is 0. The average Bonchev–Trinajstić information content (AvgIpc) is 2.36. The Labute approximate surface area is 109 Å². The van der Waals surface area contributed by atoms with Crippen LogP contribution in [0.25, 0.3) is 10.8 Å². The van der Waals surface area contributed by atoms with E-state index in [-0.39, 0.29) is 0 Å². The lowest BCUT2D eigenvalue weighted by Gasteiger charge is -2.11. The summed E-state index contributed by atoms with van der Waals surface area (Å²) in [6.07, 6.45) is 1.99. The van der Waals surface area contributed by atoms with Gasteiger partial charge in [-0.05, 0) is 40.7 Å². The molecule has 0 aliphatic carbocycles. The Hall–Kier alpha value is -1.02. The molecule has 0 bridgehead atoms. The first-order valence-corrected chi connectivity index (χ1v) is 6.75. The maximum absolute atomic E-state index is 4.51. The van der Waals surface area contributed by atoms with Gasteiger partial charge in [-0.3, -0.25) is 4.98 Å². The monoisotopic (exact) mass is 245 g/mol. The van der Waals surface area contributed by atoms with E-state index in [0.717, 1.165) is 11.4 Å². The topological polar surface area (TPSA) is 12.9 Å². The highest BCUT2D eigenvalue weighted by molar-refractivity contribution is 7.80. The molecule has 0 spiro atoms. The molecule has 0 aliphatic rings. The van der Waals surface area contributed by atoms with Crippen molar-refractivity contribution < 1.29 is 0 Å². The molecule has 1 atom stereocenters. The van der Waals surface area contributed by atoms with Crippen LogP contribution in [0, 0.1) is 0 Å². The van der Waals surface area contributed by atoms with Gasteiger partial charge in [-0.15, -0.1) is 0 Å². The molecule has 1 aromatic carbocycles. The molecule has 0 aliphatic heterocycles. The van der Waals surface area contributed by atoms with Crippen molar-refractivity contribution in [2.45, 2.75) is 32.6 Å². The number of aromatic nitrogens is 1. The highest BCUT2D eigenvalue weighted by atomic mass is 32.1. The van der Waals surface area contributed by atoms with Crippen molar-refractivity contribution in [3.05, 3.63) is 41.7 Å². The first-order chi connectivity index (χ1) is 8.11. The van der Waals surface area contributed by atoms with Gasteiger partial charge >= 0.3 is 0 Å². The zero-order valence-corrected chi connectivity index (χ0v) is 11.5. The van der Waals surface area contributed by atoms with E-state index in [1.165, 1.54) is 16.3 Å². The molecule has 90 valence electrons. The largest absolute Gasteiger partial charge is 0.260 e. The molecule has 1 heterocycles. The number of hydrogen-bond acceptors (Lipinski definition) is 2. The van der Waals surface area contributed by atoms with Gasteiger partial charge in [-0.25, -0.2) is 0 Å². The molecular formula is C15H19NS. The lowest BCUT2D eigenvalue weighted by atomic mass is 9.99. The van der Waals surface area contributed by atoms with E-state index in [1.54, 1.807) is 0 Å². The first-order valence-electron chi connectivity index (χ1n) is 6.12. The van der Waals surface area contributed by atoms with Gasteiger partial charge in [0.2, 0.25) is 0 Å². The summed E-state index contributed by atoms with van der Waals surface area (Å²) in [4.78, 5) is 4.51. The molecular weight excluding hydrogens is 226 g/mol. The predicted octanol–water partition coefficient (Wildman–Crippen LogP) is 4.39. The van der Waals surface area contributed by atoms with Crippen LogP contribution in [-0.2, 0) is 0 Å². The van der Waals surface area contributed by atoms with Crippen LogP contribution in [0.3, 0.4) is 0 Å². The Kier molecular flexibility index (Phi) is 3.72. The predicted molar refractivity (Wildman–Crippen MR) is 78.1 cm³/mol. The standard InChI is InChI=1S/C15H19NS/c1-10(2)15-7-13-5-4-12(11(3)9-17)6-14(13)8-16-15/h4-8,10-11,17H,9H2,1-3H3. The summed E-state index contributed by atoms with van der Waals surface area (Å²) in [6, 6.07) is 8.81. The highest BCUT2D eigenvalue weighted by Gasteiger charge is 2.06. The van der Waals surface area contributed by atoms with E-state index >= 15 is 0 Å². The quantitative estimate of drug-likeness (QED) is 0.791. The minimum absolute atomic E-state index is 0.482. The molecule has 0 radical (unpaired) electrons. The second-order valence-electron chi connectivity index (χ2n) is 4.95. The van der Waals surface area contributed by atoms with Crippen LogP contribution in [0.2, 0.25) is 0 Å². The lowest BCUT2D eigenvalue weighted by Crippen LogP contribution is -1.96. The average molecular weight is 245 g/mol. The van der Waals surface area contributed by atoms with Crippen LogP contribution in [-0.4, -0.2) is 10.7 Å². The maximum atomic E-state index is 4.51. The Morgan fingerprint density at radius 3 is 2.53 bits per heavy atom.